The van der Waals surface area contributed by atoms with Gasteiger partial charge in [0.1, 0.15) is 0 Å². The van der Waals surface area contributed by atoms with Crippen LogP contribution in [0.25, 0.3) is 10.8 Å². The van der Waals surface area contributed by atoms with E-state index in [0.29, 0.717) is 0 Å². The van der Waals surface area contributed by atoms with Crippen molar-refractivity contribution in [2.45, 2.75) is 17.7 Å². The molecule has 1 heterocycles. The normalized spacial score (nSPS) is 14.9. The molecule has 20 heavy (non-hydrogen) atoms. The van der Waals surface area contributed by atoms with Gasteiger partial charge in [-0.1, -0.05) is 46.3 Å². The maximum absolute atomic E-state index is 3.89. The summed E-state index contributed by atoms with van der Waals surface area (Å²) >= 11 is 9.23. The van der Waals surface area contributed by atoms with Crippen LogP contribution < -0.4 is 0 Å². The highest BCUT2D eigenvalue weighted by Crippen LogP contribution is 2.42. The van der Waals surface area contributed by atoms with Crippen LogP contribution in [0.4, 0.5) is 0 Å². The van der Waals surface area contributed by atoms with Gasteiger partial charge in [0, 0.05) is 4.88 Å². The van der Waals surface area contributed by atoms with Gasteiger partial charge in [0.15, 0.2) is 0 Å². The van der Waals surface area contributed by atoms with Crippen molar-refractivity contribution in [1.29, 1.82) is 0 Å². The third-order valence-corrected chi connectivity index (χ3v) is 7.01. The Morgan fingerprint density at radius 1 is 0.950 bits per heavy atom. The minimum absolute atomic E-state index is 0.267. The van der Waals surface area contributed by atoms with E-state index < -0.39 is 0 Å². The van der Waals surface area contributed by atoms with Crippen LogP contribution in [0.2, 0.25) is 0 Å². The molecule has 3 heteroatoms. The predicted molar refractivity (Wildman–Crippen MR) is 94.1 cm³/mol. The summed E-state index contributed by atoms with van der Waals surface area (Å²) in [6.45, 7) is 0. The van der Waals surface area contributed by atoms with E-state index in [0.717, 1.165) is 0 Å². The quantitative estimate of drug-likeness (QED) is 0.440. The largest absolute Gasteiger partial charge is 0.132 e. The summed E-state index contributed by atoms with van der Waals surface area (Å²) in [4.78, 5) is 1.61. The minimum atomic E-state index is 0.267. The molecule has 0 spiro atoms. The summed E-state index contributed by atoms with van der Waals surface area (Å²) in [6, 6.07) is 15.6. The van der Waals surface area contributed by atoms with Gasteiger partial charge in [-0.3, -0.25) is 0 Å². The van der Waals surface area contributed by atoms with Crippen LogP contribution in [0, 0.1) is 0 Å². The first kappa shape index (κ1) is 13.1. The Labute approximate surface area is 139 Å². The van der Waals surface area contributed by atoms with Gasteiger partial charge in [0.2, 0.25) is 0 Å². The van der Waals surface area contributed by atoms with Crippen molar-refractivity contribution in [2.24, 2.45) is 0 Å². The zero-order valence-corrected chi connectivity index (χ0v) is 14.7. The van der Waals surface area contributed by atoms with Gasteiger partial charge < -0.3 is 0 Å². The second-order valence-electron chi connectivity index (χ2n) is 5.16. The molecule has 0 saturated carbocycles. The number of halogens is 2. The SMILES string of the molecule is Brc1ccc(C(Br)c2ccc3c4c(cccc24)CC3)s1. The first-order chi connectivity index (χ1) is 9.74. The lowest BCUT2D eigenvalue weighted by Crippen LogP contribution is -1.93. The molecule has 0 aliphatic heterocycles. The van der Waals surface area contributed by atoms with Gasteiger partial charge in [-0.05, 0) is 68.4 Å². The monoisotopic (exact) mass is 406 g/mol. The molecule has 100 valence electrons. The smallest absolute Gasteiger partial charge is 0.0744 e. The highest BCUT2D eigenvalue weighted by Gasteiger charge is 2.20. The van der Waals surface area contributed by atoms with E-state index in [9.17, 15) is 0 Å². The van der Waals surface area contributed by atoms with E-state index in [1.54, 1.807) is 11.3 Å². The van der Waals surface area contributed by atoms with E-state index in [2.05, 4.69) is 74.3 Å². The highest BCUT2D eigenvalue weighted by atomic mass is 79.9. The van der Waals surface area contributed by atoms with Gasteiger partial charge >= 0.3 is 0 Å². The van der Waals surface area contributed by atoms with E-state index in [1.807, 2.05) is 0 Å². The summed E-state index contributed by atoms with van der Waals surface area (Å²) in [7, 11) is 0. The summed E-state index contributed by atoms with van der Waals surface area (Å²) < 4.78 is 1.18. The van der Waals surface area contributed by atoms with Crippen molar-refractivity contribution in [3.8, 4) is 0 Å². The molecule has 4 rings (SSSR count). The number of hydrogen-bond acceptors (Lipinski definition) is 1. The van der Waals surface area contributed by atoms with Crippen LogP contribution >= 0.6 is 43.2 Å². The summed E-state index contributed by atoms with van der Waals surface area (Å²) in [6.07, 6.45) is 2.38. The lowest BCUT2D eigenvalue weighted by Gasteiger charge is -2.13. The molecule has 1 unspecified atom stereocenters. The van der Waals surface area contributed by atoms with Crippen molar-refractivity contribution < 1.29 is 0 Å². The number of alkyl halides is 1. The molecule has 3 aromatic rings. The van der Waals surface area contributed by atoms with E-state index >= 15 is 0 Å². The molecule has 1 aromatic heterocycles. The summed E-state index contributed by atoms with van der Waals surface area (Å²) in [5, 5.41) is 2.90. The van der Waals surface area contributed by atoms with Crippen molar-refractivity contribution in [3.05, 3.63) is 67.8 Å². The van der Waals surface area contributed by atoms with Gasteiger partial charge in [0.05, 0.1) is 8.61 Å². The van der Waals surface area contributed by atoms with E-state index in [-0.39, 0.29) is 4.83 Å². The van der Waals surface area contributed by atoms with Crippen molar-refractivity contribution in [1.82, 2.24) is 0 Å². The fourth-order valence-electron chi connectivity index (χ4n) is 3.11. The molecule has 0 fully saturated rings. The van der Waals surface area contributed by atoms with Crippen LogP contribution in [-0.2, 0) is 12.8 Å². The van der Waals surface area contributed by atoms with Crippen LogP contribution in [0.5, 0.6) is 0 Å². The minimum Gasteiger partial charge on any atom is -0.132 e. The molecular weight excluding hydrogens is 396 g/mol. The third kappa shape index (κ3) is 1.99. The maximum atomic E-state index is 3.89. The number of benzene rings is 2. The zero-order valence-electron chi connectivity index (χ0n) is 10.7. The number of thiophene rings is 1. The molecule has 1 aliphatic rings. The average Bonchev–Trinajstić information content (AvgIpc) is 3.07. The number of hydrogen-bond donors (Lipinski definition) is 0. The Kier molecular flexibility index (Phi) is 3.24. The molecule has 0 amide bonds. The summed E-state index contributed by atoms with van der Waals surface area (Å²) in [5.41, 5.74) is 4.39. The van der Waals surface area contributed by atoms with Gasteiger partial charge in [-0.25, -0.2) is 0 Å². The zero-order chi connectivity index (χ0) is 13.7. The molecule has 0 bridgehead atoms. The molecule has 0 radical (unpaired) electrons. The molecule has 0 saturated heterocycles. The lowest BCUT2D eigenvalue weighted by atomic mass is 9.98. The Balaban J connectivity index is 1.93. The topological polar surface area (TPSA) is 0 Å². The van der Waals surface area contributed by atoms with Crippen molar-refractivity contribution >= 4 is 54.0 Å². The predicted octanol–water partition coefficient (Wildman–Crippen LogP) is 6.25. The first-order valence-electron chi connectivity index (χ1n) is 6.67. The fraction of sp³-hybridized carbons (Fsp3) is 0.176. The third-order valence-electron chi connectivity index (χ3n) is 4.03. The first-order valence-corrected chi connectivity index (χ1v) is 9.19. The van der Waals surface area contributed by atoms with E-state index in [4.69, 9.17) is 0 Å². The van der Waals surface area contributed by atoms with Crippen LogP contribution in [0.15, 0.2) is 46.3 Å². The Bertz CT molecular complexity index is 794. The molecule has 2 aromatic carbocycles. The average molecular weight is 408 g/mol. The number of rotatable bonds is 2. The maximum Gasteiger partial charge on any atom is 0.0744 e. The van der Waals surface area contributed by atoms with Crippen molar-refractivity contribution in [2.75, 3.05) is 0 Å². The van der Waals surface area contributed by atoms with Crippen LogP contribution in [0.1, 0.15) is 26.4 Å². The van der Waals surface area contributed by atoms with Gasteiger partial charge in [-0.15, -0.1) is 11.3 Å². The highest BCUT2D eigenvalue weighted by molar-refractivity contribution is 9.11. The molecular formula is C17H12Br2S. The molecule has 1 aliphatic carbocycles. The Hall–Kier alpha value is -0.640. The van der Waals surface area contributed by atoms with Crippen LogP contribution in [0.3, 0.4) is 0 Å². The second kappa shape index (κ2) is 4.97. The van der Waals surface area contributed by atoms with Gasteiger partial charge in [0.25, 0.3) is 0 Å². The number of aryl methyl sites for hydroxylation is 2. The Morgan fingerprint density at radius 2 is 1.75 bits per heavy atom. The standard InChI is InChI=1S/C17H12Br2S/c18-15-9-8-14(20-15)17(19)13-7-6-11-5-4-10-2-1-3-12(13)16(10)11/h1-3,6-9,17H,4-5H2. The van der Waals surface area contributed by atoms with Crippen LogP contribution in [-0.4, -0.2) is 0 Å². The molecule has 0 nitrogen and oxygen atoms in total. The summed E-state index contributed by atoms with van der Waals surface area (Å²) in [5.74, 6) is 0. The molecule has 0 N–H and O–H groups in total. The van der Waals surface area contributed by atoms with E-state index in [1.165, 1.54) is 49.0 Å². The fourth-order valence-corrected chi connectivity index (χ4v) is 5.36. The molecule has 1 atom stereocenters. The Morgan fingerprint density at radius 3 is 2.50 bits per heavy atom. The van der Waals surface area contributed by atoms with Crippen molar-refractivity contribution in [3.63, 3.8) is 0 Å². The van der Waals surface area contributed by atoms with Gasteiger partial charge in [-0.2, -0.15) is 0 Å². The lowest BCUT2D eigenvalue weighted by molar-refractivity contribution is 1.02. The second-order valence-corrected chi connectivity index (χ2v) is 8.57.